The van der Waals surface area contributed by atoms with Crippen molar-refractivity contribution >= 4 is 17.8 Å². The van der Waals surface area contributed by atoms with E-state index in [1.807, 2.05) is 19.9 Å². The fraction of sp³-hybridized carbons (Fsp3) is 0.500. The molecule has 6 heteroatoms. The van der Waals surface area contributed by atoms with Gasteiger partial charge in [-0.1, -0.05) is 32.0 Å². The van der Waals surface area contributed by atoms with E-state index in [0.29, 0.717) is 5.56 Å². The second-order valence-corrected chi connectivity index (χ2v) is 6.87. The number of esters is 1. The minimum Gasteiger partial charge on any atom is -0.459 e. The van der Waals surface area contributed by atoms with E-state index in [4.69, 9.17) is 4.74 Å². The van der Waals surface area contributed by atoms with Gasteiger partial charge in [0.2, 0.25) is 5.91 Å². The van der Waals surface area contributed by atoms with Gasteiger partial charge in [0.25, 0.3) is 5.91 Å². The molecule has 1 aromatic rings. The van der Waals surface area contributed by atoms with Crippen LogP contribution in [-0.2, 0) is 14.3 Å². The average molecular weight is 334 g/mol. The zero-order valence-corrected chi connectivity index (χ0v) is 14.9. The number of amides is 2. The van der Waals surface area contributed by atoms with E-state index in [1.165, 1.54) is 0 Å². The average Bonchev–Trinajstić information content (AvgIpc) is 2.49. The molecular formula is C18H26N2O4. The van der Waals surface area contributed by atoms with Crippen LogP contribution in [0.2, 0.25) is 0 Å². The summed E-state index contributed by atoms with van der Waals surface area (Å²) >= 11 is 0. The molecule has 0 fully saturated rings. The molecule has 1 rings (SSSR count). The summed E-state index contributed by atoms with van der Waals surface area (Å²) in [5.74, 6) is -1.40. The van der Waals surface area contributed by atoms with Crippen LogP contribution in [0.25, 0.3) is 0 Å². The molecule has 0 saturated carbocycles. The van der Waals surface area contributed by atoms with Crippen LogP contribution < -0.4 is 10.6 Å². The van der Waals surface area contributed by atoms with Crippen molar-refractivity contribution in [1.29, 1.82) is 0 Å². The van der Waals surface area contributed by atoms with E-state index in [-0.39, 0.29) is 18.4 Å². The quantitative estimate of drug-likeness (QED) is 0.778. The Morgan fingerprint density at radius 2 is 1.67 bits per heavy atom. The molecule has 24 heavy (non-hydrogen) atoms. The molecule has 0 bridgehead atoms. The van der Waals surface area contributed by atoms with Crippen molar-refractivity contribution in [2.45, 2.75) is 46.3 Å². The first kappa shape index (κ1) is 19.7. The molecule has 0 spiro atoms. The lowest BCUT2D eigenvalue weighted by Crippen LogP contribution is -2.51. The standard InChI is InChI=1S/C18H26N2O4/c1-12(2)15(20-16(22)13-9-7-6-8-10-13)17(23)19-11-14(21)24-18(3,4)5/h6-10,12,15H,11H2,1-5H3,(H,19,23)(H,20,22)/t15-/m0/s1. The van der Waals surface area contributed by atoms with Crippen molar-refractivity contribution in [3.63, 3.8) is 0 Å². The molecule has 0 aliphatic heterocycles. The van der Waals surface area contributed by atoms with Gasteiger partial charge < -0.3 is 15.4 Å². The lowest BCUT2D eigenvalue weighted by Gasteiger charge is -2.23. The normalized spacial score (nSPS) is 12.4. The molecule has 1 aromatic carbocycles. The first-order chi connectivity index (χ1) is 11.1. The summed E-state index contributed by atoms with van der Waals surface area (Å²) < 4.78 is 5.14. The molecule has 0 saturated heterocycles. The molecule has 2 amide bonds. The minimum absolute atomic E-state index is 0.128. The summed E-state index contributed by atoms with van der Waals surface area (Å²) in [5, 5.41) is 5.22. The van der Waals surface area contributed by atoms with Crippen molar-refractivity contribution in [2.24, 2.45) is 5.92 Å². The zero-order chi connectivity index (χ0) is 18.3. The van der Waals surface area contributed by atoms with E-state index >= 15 is 0 Å². The summed E-state index contributed by atoms with van der Waals surface area (Å²) in [6, 6.07) is 7.92. The Morgan fingerprint density at radius 3 is 2.17 bits per heavy atom. The Kier molecular flexibility index (Phi) is 6.95. The maximum absolute atomic E-state index is 12.3. The molecule has 132 valence electrons. The van der Waals surface area contributed by atoms with Crippen molar-refractivity contribution in [3.8, 4) is 0 Å². The summed E-state index contributed by atoms with van der Waals surface area (Å²) in [4.78, 5) is 36.2. The maximum Gasteiger partial charge on any atom is 0.325 e. The first-order valence-electron chi connectivity index (χ1n) is 7.95. The Labute approximate surface area is 143 Å². The number of benzene rings is 1. The maximum atomic E-state index is 12.3. The Morgan fingerprint density at radius 1 is 1.08 bits per heavy atom. The van der Waals surface area contributed by atoms with Crippen LogP contribution in [0.4, 0.5) is 0 Å². The first-order valence-corrected chi connectivity index (χ1v) is 7.95. The van der Waals surface area contributed by atoms with Crippen molar-refractivity contribution < 1.29 is 19.1 Å². The fourth-order valence-corrected chi connectivity index (χ4v) is 2.00. The second-order valence-electron chi connectivity index (χ2n) is 6.87. The third-order valence-corrected chi connectivity index (χ3v) is 3.10. The van der Waals surface area contributed by atoms with Crippen LogP contribution >= 0.6 is 0 Å². The van der Waals surface area contributed by atoms with Crippen LogP contribution in [0.1, 0.15) is 45.0 Å². The molecule has 0 aliphatic rings. The molecule has 0 unspecified atom stereocenters. The number of nitrogens with one attached hydrogen (secondary N) is 2. The highest BCUT2D eigenvalue weighted by Crippen LogP contribution is 2.07. The highest BCUT2D eigenvalue weighted by molar-refractivity contribution is 5.98. The van der Waals surface area contributed by atoms with Gasteiger partial charge in [-0.15, -0.1) is 0 Å². The second kappa shape index (κ2) is 8.47. The van der Waals surface area contributed by atoms with E-state index in [1.54, 1.807) is 45.0 Å². The summed E-state index contributed by atoms with van der Waals surface area (Å²) in [5.41, 5.74) is -0.135. The number of hydrogen-bond acceptors (Lipinski definition) is 4. The molecule has 0 aliphatic carbocycles. The SMILES string of the molecule is CC(C)[C@H](NC(=O)c1ccccc1)C(=O)NCC(=O)OC(C)(C)C. The van der Waals surface area contributed by atoms with Crippen LogP contribution in [0.15, 0.2) is 30.3 Å². The number of carbonyl (C=O) groups excluding carboxylic acids is 3. The monoisotopic (exact) mass is 334 g/mol. The van der Waals surface area contributed by atoms with Crippen molar-refractivity contribution in [3.05, 3.63) is 35.9 Å². The van der Waals surface area contributed by atoms with E-state index in [9.17, 15) is 14.4 Å². The molecule has 1 atom stereocenters. The Bertz CT molecular complexity index is 576. The number of hydrogen-bond donors (Lipinski definition) is 2. The fourth-order valence-electron chi connectivity index (χ4n) is 2.00. The molecule has 2 N–H and O–H groups in total. The Balaban J connectivity index is 2.63. The van der Waals surface area contributed by atoms with Gasteiger partial charge in [0.1, 0.15) is 18.2 Å². The zero-order valence-electron chi connectivity index (χ0n) is 14.9. The van der Waals surface area contributed by atoms with Gasteiger partial charge in [0, 0.05) is 5.56 Å². The summed E-state index contributed by atoms with van der Waals surface area (Å²) in [7, 11) is 0. The van der Waals surface area contributed by atoms with Gasteiger partial charge in [-0.05, 0) is 38.8 Å². The number of rotatable bonds is 6. The van der Waals surface area contributed by atoms with Crippen LogP contribution in [0.3, 0.4) is 0 Å². The molecule has 0 heterocycles. The lowest BCUT2D eigenvalue weighted by molar-refractivity contribution is -0.154. The molecule has 0 aromatic heterocycles. The summed E-state index contributed by atoms with van der Waals surface area (Å²) in [6.07, 6.45) is 0. The van der Waals surface area contributed by atoms with E-state index in [0.717, 1.165) is 0 Å². The van der Waals surface area contributed by atoms with Gasteiger partial charge in [-0.25, -0.2) is 0 Å². The third kappa shape index (κ3) is 6.81. The highest BCUT2D eigenvalue weighted by Gasteiger charge is 2.25. The third-order valence-electron chi connectivity index (χ3n) is 3.10. The van der Waals surface area contributed by atoms with E-state index in [2.05, 4.69) is 10.6 Å². The molecular weight excluding hydrogens is 308 g/mol. The molecule has 6 nitrogen and oxygen atoms in total. The van der Waals surface area contributed by atoms with Gasteiger partial charge in [0.15, 0.2) is 0 Å². The van der Waals surface area contributed by atoms with Crippen LogP contribution in [-0.4, -0.2) is 36.0 Å². The lowest BCUT2D eigenvalue weighted by atomic mass is 10.0. The number of carbonyl (C=O) groups is 3. The van der Waals surface area contributed by atoms with Crippen LogP contribution in [0, 0.1) is 5.92 Å². The van der Waals surface area contributed by atoms with E-state index < -0.39 is 23.5 Å². The van der Waals surface area contributed by atoms with Gasteiger partial charge in [-0.3, -0.25) is 14.4 Å². The van der Waals surface area contributed by atoms with Crippen molar-refractivity contribution in [2.75, 3.05) is 6.54 Å². The predicted octanol–water partition coefficient (Wildman–Crippen LogP) is 1.90. The van der Waals surface area contributed by atoms with Crippen molar-refractivity contribution in [1.82, 2.24) is 10.6 Å². The molecule has 0 radical (unpaired) electrons. The van der Waals surface area contributed by atoms with Gasteiger partial charge >= 0.3 is 5.97 Å². The van der Waals surface area contributed by atoms with Gasteiger partial charge in [0.05, 0.1) is 0 Å². The number of ether oxygens (including phenoxy) is 1. The largest absolute Gasteiger partial charge is 0.459 e. The van der Waals surface area contributed by atoms with Gasteiger partial charge in [-0.2, -0.15) is 0 Å². The Hall–Kier alpha value is -2.37. The highest BCUT2D eigenvalue weighted by atomic mass is 16.6. The minimum atomic E-state index is -0.736. The predicted molar refractivity (Wildman–Crippen MR) is 91.4 cm³/mol. The summed E-state index contributed by atoms with van der Waals surface area (Å²) in [6.45, 7) is 8.67. The smallest absolute Gasteiger partial charge is 0.325 e. The van der Waals surface area contributed by atoms with Crippen LogP contribution in [0.5, 0.6) is 0 Å². The topological polar surface area (TPSA) is 84.5 Å².